The van der Waals surface area contributed by atoms with E-state index in [4.69, 9.17) is 23.2 Å². The van der Waals surface area contributed by atoms with Gasteiger partial charge in [-0.3, -0.25) is 0 Å². The van der Waals surface area contributed by atoms with Crippen LogP contribution in [0.3, 0.4) is 0 Å². The Morgan fingerprint density at radius 3 is 2.27 bits per heavy atom. The van der Waals surface area contributed by atoms with E-state index in [2.05, 4.69) is 5.32 Å². The van der Waals surface area contributed by atoms with Crippen molar-refractivity contribution in [1.29, 1.82) is 0 Å². The molecule has 0 unspecified atom stereocenters. The lowest BCUT2D eigenvalue weighted by Gasteiger charge is -2.31. The van der Waals surface area contributed by atoms with E-state index in [0.29, 0.717) is 34.6 Å². The fraction of sp³-hybridized carbons (Fsp3) is 0.571. The lowest BCUT2D eigenvalue weighted by atomic mass is 9.98. The van der Waals surface area contributed by atoms with Gasteiger partial charge in [0, 0.05) is 28.7 Å². The van der Waals surface area contributed by atoms with E-state index in [0.717, 1.165) is 19.4 Å². The Morgan fingerprint density at radius 2 is 1.77 bits per heavy atom. The molecule has 1 heterocycles. The summed E-state index contributed by atoms with van der Waals surface area (Å²) in [5, 5.41) is 3.94. The van der Waals surface area contributed by atoms with Crippen molar-refractivity contribution in [3.05, 3.63) is 33.8 Å². The quantitative estimate of drug-likeness (QED) is 0.844. The molecule has 0 amide bonds. The van der Waals surface area contributed by atoms with Crippen LogP contribution in [0.1, 0.15) is 18.4 Å². The first-order valence-electron chi connectivity index (χ1n) is 6.99. The molecule has 0 aromatic heterocycles. The molecule has 22 heavy (non-hydrogen) atoms. The standard InChI is InChI=1S/C14H20Cl2N2O2S.ClH/c1-17-9-11-5-7-18(8-6-11)21(19,20)10-12-13(15)3-2-4-14(12)16;/h2-4,11,17H,5-10H2,1H3;1H. The molecule has 1 aromatic rings. The van der Waals surface area contributed by atoms with E-state index in [-0.39, 0.29) is 18.2 Å². The molecular formula is C14H21Cl3N2O2S. The number of piperidine rings is 1. The van der Waals surface area contributed by atoms with Crippen LogP contribution in [-0.2, 0) is 15.8 Å². The van der Waals surface area contributed by atoms with E-state index in [1.165, 1.54) is 0 Å². The molecular weight excluding hydrogens is 367 g/mol. The predicted molar refractivity (Wildman–Crippen MR) is 94.6 cm³/mol. The second-order valence-electron chi connectivity index (χ2n) is 5.36. The number of halogens is 3. The zero-order chi connectivity index (χ0) is 15.5. The minimum absolute atomic E-state index is 0. The summed E-state index contributed by atoms with van der Waals surface area (Å²) >= 11 is 12.1. The van der Waals surface area contributed by atoms with Crippen molar-refractivity contribution in [3.63, 3.8) is 0 Å². The van der Waals surface area contributed by atoms with Gasteiger partial charge >= 0.3 is 0 Å². The van der Waals surface area contributed by atoms with E-state index < -0.39 is 10.0 Å². The van der Waals surface area contributed by atoms with Crippen molar-refractivity contribution in [2.45, 2.75) is 18.6 Å². The Hall–Kier alpha value is -0.0400. The summed E-state index contributed by atoms with van der Waals surface area (Å²) in [5.41, 5.74) is 0.484. The average molecular weight is 388 g/mol. The van der Waals surface area contributed by atoms with Gasteiger partial charge in [0.05, 0.1) is 5.75 Å². The van der Waals surface area contributed by atoms with E-state index >= 15 is 0 Å². The third kappa shape index (κ3) is 4.98. The van der Waals surface area contributed by atoms with Gasteiger partial charge in [-0.25, -0.2) is 12.7 Å². The zero-order valence-electron chi connectivity index (χ0n) is 12.4. The molecule has 0 aliphatic carbocycles. The summed E-state index contributed by atoms with van der Waals surface area (Å²) in [7, 11) is -1.46. The molecule has 1 aliphatic heterocycles. The Morgan fingerprint density at radius 1 is 1.23 bits per heavy atom. The van der Waals surface area contributed by atoms with Crippen LogP contribution in [0.2, 0.25) is 10.0 Å². The molecule has 1 aromatic carbocycles. The van der Waals surface area contributed by atoms with Gasteiger partial charge in [-0.15, -0.1) is 12.4 Å². The molecule has 1 aliphatic rings. The molecule has 0 bridgehead atoms. The van der Waals surface area contributed by atoms with Gasteiger partial charge < -0.3 is 5.32 Å². The van der Waals surface area contributed by atoms with Crippen molar-refractivity contribution >= 4 is 45.6 Å². The molecule has 4 nitrogen and oxygen atoms in total. The van der Waals surface area contributed by atoms with Gasteiger partial charge in [-0.05, 0) is 44.5 Å². The largest absolute Gasteiger partial charge is 0.319 e. The summed E-state index contributed by atoms with van der Waals surface area (Å²) in [6.07, 6.45) is 1.77. The second kappa shape index (κ2) is 8.71. The highest BCUT2D eigenvalue weighted by atomic mass is 35.5. The minimum atomic E-state index is -3.38. The van der Waals surface area contributed by atoms with Gasteiger partial charge in [0.15, 0.2) is 0 Å². The molecule has 126 valence electrons. The predicted octanol–water partition coefficient (Wildman–Crippen LogP) is 3.18. The molecule has 1 saturated heterocycles. The van der Waals surface area contributed by atoms with Crippen molar-refractivity contribution < 1.29 is 8.42 Å². The molecule has 1 N–H and O–H groups in total. The fourth-order valence-corrected chi connectivity index (χ4v) is 4.94. The lowest BCUT2D eigenvalue weighted by molar-refractivity contribution is 0.270. The fourth-order valence-electron chi connectivity index (χ4n) is 2.62. The van der Waals surface area contributed by atoms with E-state index in [1.807, 2.05) is 7.05 Å². The molecule has 2 rings (SSSR count). The van der Waals surface area contributed by atoms with Gasteiger partial charge in [0.2, 0.25) is 10.0 Å². The van der Waals surface area contributed by atoms with Crippen LogP contribution in [-0.4, -0.2) is 39.4 Å². The SMILES string of the molecule is CNCC1CCN(S(=O)(=O)Cc2c(Cl)cccc2Cl)CC1.Cl. The van der Waals surface area contributed by atoms with Crippen molar-refractivity contribution in [1.82, 2.24) is 9.62 Å². The lowest BCUT2D eigenvalue weighted by Crippen LogP contribution is -2.40. The summed E-state index contributed by atoms with van der Waals surface area (Å²) in [4.78, 5) is 0. The van der Waals surface area contributed by atoms with Crippen molar-refractivity contribution in [2.24, 2.45) is 5.92 Å². The first kappa shape index (κ1) is 20.0. The summed E-state index contributed by atoms with van der Waals surface area (Å²) < 4.78 is 26.6. The molecule has 0 atom stereocenters. The molecule has 0 spiro atoms. The minimum Gasteiger partial charge on any atom is -0.319 e. The number of rotatable bonds is 5. The number of nitrogens with one attached hydrogen (secondary N) is 1. The number of hydrogen-bond donors (Lipinski definition) is 1. The molecule has 0 saturated carbocycles. The topological polar surface area (TPSA) is 49.4 Å². The smallest absolute Gasteiger partial charge is 0.218 e. The Balaban J connectivity index is 0.00000242. The highest BCUT2D eigenvalue weighted by Gasteiger charge is 2.29. The van der Waals surface area contributed by atoms with Crippen molar-refractivity contribution in [3.8, 4) is 0 Å². The van der Waals surface area contributed by atoms with Crippen LogP contribution < -0.4 is 5.32 Å². The third-order valence-electron chi connectivity index (χ3n) is 3.85. The highest BCUT2D eigenvalue weighted by Crippen LogP contribution is 2.28. The molecule has 0 radical (unpaired) electrons. The highest BCUT2D eigenvalue weighted by molar-refractivity contribution is 7.88. The summed E-state index contributed by atoms with van der Waals surface area (Å²) in [5.74, 6) is 0.410. The summed E-state index contributed by atoms with van der Waals surface area (Å²) in [6.45, 7) is 2.07. The summed E-state index contributed by atoms with van der Waals surface area (Å²) in [6, 6.07) is 5.04. The van der Waals surface area contributed by atoms with Crippen molar-refractivity contribution in [2.75, 3.05) is 26.7 Å². The van der Waals surface area contributed by atoms with Crippen LogP contribution in [0.4, 0.5) is 0 Å². The van der Waals surface area contributed by atoms with Crippen LogP contribution in [0.5, 0.6) is 0 Å². The molecule has 8 heteroatoms. The Labute approximate surface area is 148 Å². The van der Waals surface area contributed by atoms with Crippen LogP contribution in [0.15, 0.2) is 18.2 Å². The first-order chi connectivity index (χ1) is 9.94. The zero-order valence-corrected chi connectivity index (χ0v) is 15.5. The van der Waals surface area contributed by atoms with E-state index in [9.17, 15) is 8.42 Å². The number of sulfonamides is 1. The second-order valence-corrected chi connectivity index (χ2v) is 8.14. The van der Waals surface area contributed by atoms with Crippen LogP contribution in [0, 0.1) is 5.92 Å². The van der Waals surface area contributed by atoms with Gasteiger partial charge in [-0.2, -0.15) is 0 Å². The van der Waals surface area contributed by atoms with Crippen LogP contribution >= 0.6 is 35.6 Å². The maximum absolute atomic E-state index is 12.5. The third-order valence-corrected chi connectivity index (χ3v) is 6.36. The van der Waals surface area contributed by atoms with Gasteiger partial charge in [0.25, 0.3) is 0 Å². The number of benzene rings is 1. The monoisotopic (exact) mass is 386 g/mol. The Kier molecular flexibility index (Phi) is 7.92. The first-order valence-corrected chi connectivity index (χ1v) is 9.36. The van der Waals surface area contributed by atoms with Crippen LogP contribution in [0.25, 0.3) is 0 Å². The normalized spacial score (nSPS) is 17.2. The van der Waals surface area contributed by atoms with E-state index in [1.54, 1.807) is 22.5 Å². The number of hydrogen-bond acceptors (Lipinski definition) is 3. The van der Waals surface area contributed by atoms with Gasteiger partial charge in [0.1, 0.15) is 0 Å². The Bertz CT molecular complexity index is 568. The number of nitrogens with zero attached hydrogens (tertiary/aromatic N) is 1. The maximum Gasteiger partial charge on any atom is 0.218 e. The molecule has 1 fully saturated rings. The maximum atomic E-state index is 12.5. The van der Waals surface area contributed by atoms with Gasteiger partial charge in [-0.1, -0.05) is 29.3 Å². The average Bonchev–Trinajstić information content (AvgIpc) is 2.44.